The minimum absolute atomic E-state index is 0.280. The first-order valence-corrected chi connectivity index (χ1v) is 11.1. The van der Waals surface area contributed by atoms with E-state index in [4.69, 9.17) is 0 Å². The zero-order valence-corrected chi connectivity index (χ0v) is 17.0. The minimum atomic E-state index is -3.61. The molecule has 0 N–H and O–H groups in total. The smallest absolute Gasteiger partial charge is 0.241 e. The van der Waals surface area contributed by atoms with Crippen molar-refractivity contribution in [3.05, 3.63) is 114 Å². The summed E-state index contributed by atoms with van der Waals surface area (Å²) < 4.78 is 27.3. The Morgan fingerprint density at radius 3 is 2.00 bits per heavy atom. The van der Waals surface area contributed by atoms with E-state index in [0.29, 0.717) is 5.52 Å². The van der Waals surface area contributed by atoms with Crippen LogP contribution in [0.2, 0.25) is 0 Å². The van der Waals surface area contributed by atoms with Gasteiger partial charge in [-0.1, -0.05) is 72.8 Å². The summed E-state index contributed by atoms with van der Waals surface area (Å²) >= 11 is 0. The SMILES string of the molecule is O=S(=O)(c1ccccc1)n1ccc2cc(/C=C/c3ccc4ccccc4c3)ccc21. The summed E-state index contributed by atoms with van der Waals surface area (Å²) in [6.07, 6.45) is 5.74. The van der Waals surface area contributed by atoms with Crippen molar-refractivity contribution in [2.45, 2.75) is 4.90 Å². The molecule has 4 heteroatoms. The summed E-state index contributed by atoms with van der Waals surface area (Å²) in [5.41, 5.74) is 2.81. The molecule has 0 aliphatic carbocycles. The Morgan fingerprint density at radius 1 is 0.600 bits per heavy atom. The highest BCUT2D eigenvalue weighted by atomic mass is 32.2. The van der Waals surface area contributed by atoms with Gasteiger partial charge in [0.2, 0.25) is 0 Å². The second-order valence-corrected chi connectivity index (χ2v) is 9.00. The number of nitrogens with zero attached hydrogens (tertiary/aromatic N) is 1. The largest absolute Gasteiger partial charge is 0.268 e. The molecule has 0 saturated heterocycles. The summed E-state index contributed by atoms with van der Waals surface area (Å²) in [5, 5.41) is 3.31. The molecule has 0 aliphatic rings. The van der Waals surface area contributed by atoms with Crippen LogP contribution in [0.3, 0.4) is 0 Å². The van der Waals surface area contributed by atoms with Crippen molar-refractivity contribution in [1.82, 2.24) is 3.97 Å². The molecule has 0 radical (unpaired) electrons. The van der Waals surface area contributed by atoms with Crippen LogP contribution in [-0.2, 0) is 10.0 Å². The van der Waals surface area contributed by atoms with Crippen LogP contribution in [0.15, 0.2) is 108 Å². The zero-order valence-electron chi connectivity index (χ0n) is 16.1. The first kappa shape index (κ1) is 18.4. The van der Waals surface area contributed by atoms with Crippen molar-refractivity contribution in [1.29, 1.82) is 0 Å². The van der Waals surface area contributed by atoms with Crippen LogP contribution < -0.4 is 0 Å². The van der Waals surface area contributed by atoms with Crippen molar-refractivity contribution in [3.63, 3.8) is 0 Å². The lowest BCUT2D eigenvalue weighted by Crippen LogP contribution is -2.11. The quantitative estimate of drug-likeness (QED) is 0.331. The molecular formula is C26H19NO2S. The summed E-state index contributed by atoms with van der Waals surface area (Å²) in [7, 11) is -3.61. The third-order valence-electron chi connectivity index (χ3n) is 5.22. The Kier molecular flexibility index (Phi) is 4.49. The average Bonchev–Trinajstić information content (AvgIpc) is 3.22. The summed E-state index contributed by atoms with van der Waals surface area (Å²) in [5.74, 6) is 0. The molecule has 3 nitrogen and oxygen atoms in total. The van der Waals surface area contributed by atoms with E-state index in [0.717, 1.165) is 16.5 Å². The van der Waals surface area contributed by atoms with Crippen molar-refractivity contribution in [2.75, 3.05) is 0 Å². The van der Waals surface area contributed by atoms with Crippen LogP contribution in [0, 0.1) is 0 Å². The minimum Gasteiger partial charge on any atom is -0.241 e. The number of hydrogen-bond donors (Lipinski definition) is 0. The summed E-state index contributed by atoms with van der Waals surface area (Å²) in [6, 6.07) is 30.8. The van der Waals surface area contributed by atoms with E-state index in [1.54, 1.807) is 36.5 Å². The van der Waals surface area contributed by atoms with Gasteiger partial charge in [-0.05, 0) is 58.3 Å². The van der Waals surface area contributed by atoms with E-state index in [-0.39, 0.29) is 4.90 Å². The number of fused-ring (bicyclic) bond motifs is 2. The lowest BCUT2D eigenvalue weighted by atomic mass is 10.1. The molecule has 0 saturated carbocycles. The maximum atomic E-state index is 13.0. The number of benzene rings is 4. The number of rotatable bonds is 4. The number of aromatic nitrogens is 1. The van der Waals surface area contributed by atoms with Crippen LogP contribution in [0.1, 0.15) is 11.1 Å². The maximum absolute atomic E-state index is 13.0. The van der Waals surface area contributed by atoms with E-state index < -0.39 is 10.0 Å². The van der Waals surface area contributed by atoms with Crippen molar-refractivity contribution >= 4 is 43.9 Å². The Hall–Kier alpha value is -3.63. The van der Waals surface area contributed by atoms with Gasteiger partial charge in [0.25, 0.3) is 10.0 Å². The van der Waals surface area contributed by atoms with Gasteiger partial charge in [0, 0.05) is 11.6 Å². The summed E-state index contributed by atoms with van der Waals surface area (Å²) in [6.45, 7) is 0. The standard InChI is InChI=1S/C26H19NO2S/c28-30(29,25-8-2-1-3-9-25)27-17-16-24-19-21(13-15-26(24)27)11-10-20-12-14-22-6-4-5-7-23(22)18-20/h1-19H/b11-10+. The molecule has 0 fully saturated rings. The first-order valence-electron chi connectivity index (χ1n) is 9.70. The molecule has 0 atom stereocenters. The molecule has 0 spiro atoms. The van der Waals surface area contributed by atoms with Gasteiger partial charge in [-0.2, -0.15) is 0 Å². The van der Waals surface area contributed by atoms with Crippen LogP contribution >= 0.6 is 0 Å². The van der Waals surface area contributed by atoms with E-state index in [1.165, 1.54) is 14.7 Å². The zero-order chi connectivity index (χ0) is 20.6. The van der Waals surface area contributed by atoms with Gasteiger partial charge >= 0.3 is 0 Å². The van der Waals surface area contributed by atoms with Gasteiger partial charge in [-0.3, -0.25) is 0 Å². The number of hydrogen-bond acceptors (Lipinski definition) is 2. The average molecular weight is 410 g/mol. The maximum Gasteiger partial charge on any atom is 0.268 e. The second-order valence-electron chi connectivity index (χ2n) is 7.19. The van der Waals surface area contributed by atoms with Crippen LogP contribution in [0.25, 0.3) is 33.8 Å². The Labute approximate surface area is 175 Å². The third-order valence-corrected chi connectivity index (χ3v) is 6.92. The lowest BCUT2D eigenvalue weighted by molar-refractivity contribution is 0.589. The Balaban J connectivity index is 1.48. The van der Waals surface area contributed by atoms with E-state index in [1.807, 2.05) is 42.5 Å². The van der Waals surface area contributed by atoms with Gasteiger partial charge in [-0.25, -0.2) is 12.4 Å². The predicted molar refractivity (Wildman–Crippen MR) is 124 cm³/mol. The van der Waals surface area contributed by atoms with Gasteiger partial charge < -0.3 is 0 Å². The second kappa shape index (κ2) is 7.32. The van der Waals surface area contributed by atoms with Crippen molar-refractivity contribution < 1.29 is 8.42 Å². The summed E-state index contributed by atoms with van der Waals surface area (Å²) in [4.78, 5) is 0.280. The van der Waals surface area contributed by atoms with Crippen molar-refractivity contribution in [2.24, 2.45) is 0 Å². The highest BCUT2D eigenvalue weighted by Gasteiger charge is 2.18. The fourth-order valence-electron chi connectivity index (χ4n) is 3.66. The van der Waals surface area contributed by atoms with E-state index in [2.05, 4.69) is 36.4 Å². The molecule has 5 aromatic rings. The molecule has 0 unspecified atom stereocenters. The predicted octanol–water partition coefficient (Wildman–Crippen LogP) is 6.20. The highest BCUT2D eigenvalue weighted by molar-refractivity contribution is 7.90. The Bertz CT molecular complexity index is 1500. The lowest BCUT2D eigenvalue weighted by Gasteiger charge is -2.07. The van der Waals surface area contributed by atoms with Gasteiger partial charge in [0.1, 0.15) is 0 Å². The molecule has 5 rings (SSSR count). The fourth-order valence-corrected chi connectivity index (χ4v) is 5.03. The molecule has 0 aliphatic heterocycles. The van der Waals surface area contributed by atoms with E-state index >= 15 is 0 Å². The molecule has 0 amide bonds. The van der Waals surface area contributed by atoms with Crippen molar-refractivity contribution in [3.8, 4) is 0 Å². The molecule has 0 bridgehead atoms. The fraction of sp³-hybridized carbons (Fsp3) is 0. The molecule has 1 heterocycles. The van der Waals surface area contributed by atoms with Gasteiger partial charge in [0.15, 0.2) is 0 Å². The molecule has 146 valence electrons. The highest BCUT2D eigenvalue weighted by Crippen LogP contribution is 2.24. The topological polar surface area (TPSA) is 39.1 Å². The third kappa shape index (κ3) is 3.31. The Morgan fingerprint density at radius 2 is 1.23 bits per heavy atom. The van der Waals surface area contributed by atoms with Crippen LogP contribution in [0.5, 0.6) is 0 Å². The van der Waals surface area contributed by atoms with Crippen LogP contribution in [0.4, 0.5) is 0 Å². The first-order chi connectivity index (χ1) is 14.6. The van der Waals surface area contributed by atoms with Crippen LogP contribution in [-0.4, -0.2) is 12.4 Å². The normalized spacial score (nSPS) is 12.1. The molecule has 4 aromatic carbocycles. The van der Waals surface area contributed by atoms with Gasteiger partial charge in [-0.15, -0.1) is 0 Å². The van der Waals surface area contributed by atoms with Gasteiger partial charge in [0.05, 0.1) is 10.4 Å². The van der Waals surface area contributed by atoms with E-state index in [9.17, 15) is 8.42 Å². The monoisotopic (exact) mass is 409 g/mol. The molecule has 30 heavy (non-hydrogen) atoms. The molecular weight excluding hydrogens is 390 g/mol. The molecule has 1 aromatic heterocycles.